The Balaban J connectivity index is 2.83. The van der Waals surface area contributed by atoms with Gasteiger partial charge in [0.2, 0.25) is 23.6 Å². The van der Waals surface area contributed by atoms with Gasteiger partial charge in [-0.2, -0.15) is 0 Å². The first-order chi connectivity index (χ1) is 21.1. The number of nitrogens with one attached hydrogen (secondary N) is 5. The summed E-state index contributed by atoms with van der Waals surface area (Å²) in [5.74, 6) is -1.76. The Kier molecular flexibility index (Phi) is 16.4. The standard InChI is InChI=1S/C31H51N7O7/c1-18(2)16-24(39)36-23(10-9-15-34-30(32)43)27(40)35-22-13-11-21(12-14-22)17-45-31(44)38(8)26(20(5)6)29(42)37-25(19(3)4)28(41)33-7/h11-14,18-20,23,25-26H,9-10,15-17H2,1-8H3,(H,33,41)(H,35,40)(H,36,39)(H,37,42)(H3,32,34,43)/t23-,25-,26-/m0/s1. The van der Waals surface area contributed by atoms with Crippen LogP contribution in [0.5, 0.6) is 0 Å². The number of likely N-dealkylation sites (N-methyl/N-ethyl adjacent to an activating group) is 2. The molecule has 252 valence electrons. The molecule has 1 rings (SSSR count). The van der Waals surface area contributed by atoms with E-state index in [0.717, 1.165) is 0 Å². The molecule has 0 aliphatic carbocycles. The van der Waals surface area contributed by atoms with E-state index < -0.39 is 42.1 Å². The number of amides is 7. The lowest BCUT2D eigenvalue weighted by molar-refractivity contribution is -0.133. The second-order valence-corrected chi connectivity index (χ2v) is 12.0. The van der Waals surface area contributed by atoms with Crippen molar-refractivity contribution in [3.05, 3.63) is 29.8 Å². The van der Waals surface area contributed by atoms with E-state index in [1.165, 1.54) is 19.0 Å². The second kappa shape index (κ2) is 19.1. The molecule has 0 radical (unpaired) electrons. The number of ether oxygens (including phenoxy) is 1. The van der Waals surface area contributed by atoms with E-state index in [4.69, 9.17) is 10.5 Å². The Morgan fingerprint density at radius 1 is 0.867 bits per heavy atom. The summed E-state index contributed by atoms with van der Waals surface area (Å²) in [5.41, 5.74) is 6.20. The molecule has 0 heterocycles. The van der Waals surface area contributed by atoms with Crippen LogP contribution in [0.2, 0.25) is 0 Å². The highest BCUT2D eigenvalue weighted by atomic mass is 16.6. The number of rotatable bonds is 17. The van der Waals surface area contributed by atoms with Gasteiger partial charge in [0.25, 0.3) is 0 Å². The van der Waals surface area contributed by atoms with E-state index in [2.05, 4.69) is 26.6 Å². The van der Waals surface area contributed by atoms with Gasteiger partial charge < -0.3 is 37.1 Å². The van der Waals surface area contributed by atoms with Crippen LogP contribution in [0.4, 0.5) is 15.3 Å². The Hall–Kier alpha value is -4.36. The van der Waals surface area contributed by atoms with Crippen molar-refractivity contribution in [1.82, 2.24) is 26.2 Å². The van der Waals surface area contributed by atoms with Crippen LogP contribution in [-0.4, -0.2) is 79.4 Å². The molecule has 1 aromatic carbocycles. The monoisotopic (exact) mass is 633 g/mol. The molecule has 7 amide bonds. The van der Waals surface area contributed by atoms with Crippen LogP contribution in [0, 0.1) is 17.8 Å². The Bertz CT molecular complexity index is 1160. The molecule has 0 saturated heterocycles. The molecular weight excluding hydrogens is 582 g/mol. The number of hydrogen-bond donors (Lipinski definition) is 6. The fourth-order valence-corrected chi connectivity index (χ4v) is 4.54. The molecule has 7 N–H and O–H groups in total. The van der Waals surface area contributed by atoms with Crippen LogP contribution < -0.4 is 32.3 Å². The molecular formula is C31H51N7O7. The first-order valence-electron chi connectivity index (χ1n) is 15.2. The molecule has 0 fully saturated rings. The largest absolute Gasteiger partial charge is 0.445 e. The van der Waals surface area contributed by atoms with Crippen LogP contribution in [0.1, 0.15) is 66.4 Å². The van der Waals surface area contributed by atoms with E-state index in [1.807, 2.05) is 27.7 Å². The second-order valence-electron chi connectivity index (χ2n) is 12.0. The summed E-state index contributed by atoms with van der Waals surface area (Å²) >= 11 is 0. The quantitative estimate of drug-likeness (QED) is 0.141. The molecule has 0 aromatic heterocycles. The highest BCUT2D eigenvalue weighted by molar-refractivity contribution is 5.97. The first-order valence-corrected chi connectivity index (χ1v) is 15.2. The molecule has 14 heteroatoms. The Labute approximate surface area is 265 Å². The number of nitrogens with zero attached hydrogens (tertiary/aromatic N) is 1. The Morgan fingerprint density at radius 3 is 2.00 bits per heavy atom. The summed E-state index contributed by atoms with van der Waals surface area (Å²) in [6, 6.07) is 3.52. The summed E-state index contributed by atoms with van der Waals surface area (Å²) in [5, 5.41) is 13.3. The zero-order chi connectivity index (χ0) is 34.3. The Morgan fingerprint density at radius 2 is 1.49 bits per heavy atom. The summed E-state index contributed by atoms with van der Waals surface area (Å²) in [6.45, 7) is 11.2. The summed E-state index contributed by atoms with van der Waals surface area (Å²) in [4.78, 5) is 75.7. The lowest BCUT2D eigenvalue weighted by atomic mass is 9.99. The number of carbonyl (C=O) groups excluding carboxylic acids is 6. The van der Waals surface area contributed by atoms with Crippen molar-refractivity contribution in [3.63, 3.8) is 0 Å². The molecule has 0 aliphatic heterocycles. The molecule has 14 nitrogen and oxygen atoms in total. The van der Waals surface area contributed by atoms with Gasteiger partial charge in [0.15, 0.2) is 0 Å². The third-order valence-corrected chi connectivity index (χ3v) is 6.90. The topological polar surface area (TPSA) is 201 Å². The highest BCUT2D eigenvalue weighted by Crippen LogP contribution is 2.16. The van der Waals surface area contributed by atoms with Crippen LogP contribution in [-0.2, 0) is 30.5 Å². The van der Waals surface area contributed by atoms with Gasteiger partial charge in [-0.1, -0.05) is 53.7 Å². The van der Waals surface area contributed by atoms with Gasteiger partial charge in [-0.3, -0.25) is 24.1 Å². The molecule has 0 unspecified atom stereocenters. The van der Waals surface area contributed by atoms with Crippen LogP contribution in [0.15, 0.2) is 24.3 Å². The molecule has 1 aromatic rings. The predicted molar refractivity (Wildman–Crippen MR) is 171 cm³/mol. The average Bonchev–Trinajstić information content (AvgIpc) is 2.95. The maximum Gasteiger partial charge on any atom is 0.410 e. The number of nitrogens with two attached hydrogens (primary N) is 1. The molecule has 45 heavy (non-hydrogen) atoms. The van der Waals surface area contributed by atoms with Crippen molar-refractivity contribution in [3.8, 4) is 0 Å². The molecule has 0 spiro atoms. The van der Waals surface area contributed by atoms with E-state index in [9.17, 15) is 28.8 Å². The van der Waals surface area contributed by atoms with Crippen LogP contribution in [0.25, 0.3) is 0 Å². The van der Waals surface area contributed by atoms with Crippen LogP contribution in [0.3, 0.4) is 0 Å². The van der Waals surface area contributed by atoms with Crippen molar-refractivity contribution >= 4 is 41.4 Å². The first kappa shape index (κ1) is 38.7. The van der Waals surface area contributed by atoms with Gasteiger partial charge in [-0.15, -0.1) is 0 Å². The van der Waals surface area contributed by atoms with Gasteiger partial charge in [0.05, 0.1) is 0 Å². The van der Waals surface area contributed by atoms with E-state index in [0.29, 0.717) is 17.7 Å². The van der Waals surface area contributed by atoms with Gasteiger partial charge in [-0.25, -0.2) is 9.59 Å². The zero-order valence-corrected chi connectivity index (χ0v) is 27.7. The minimum Gasteiger partial charge on any atom is -0.445 e. The van der Waals surface area contributed by atoms with Crippen molar-refractivity contribution in [2.75, 3.05) is 26.0 Å². The highest BCUT2D eigenvalue weighted by Gasteiger charge is 2.34. The molecule has 0 aliphatic rings. The van der Waals surface area contributed by atoms with Gasteiger partial charge in [0.1, 0.15) is 24.7 Å². The number of primary amides is 1. The van der Waals surface area contributed by atoms with Crippen LogP contribution >= 0.6 is 0 Å². The van der Waals surface area contributed by atoms with Gasteiger partial charge in [0, 0.05) is 32.7 Å². The molecule has 0 bridgehead atoms. The normalized spacial score (nSPS) is 13.0. The van der Waals surface area contributed by atoms with Crippen molar-refractivity contribution in [2.45, 2.75) is 85.5 Å². The molecule has 3 atom stereocenters. The number of urea groups is 1. The maximum absolute atomic E-state index is 13.1. The number of anilines is 1. The van der Waals surface area contributed by atoms with E-state index >= 15 is 0 Å². The maximum atomic E-state index is 13.1. The average molecular weight is 634 g/mol. The predicted octanol–water partition coefficient (Wildman–Crippen LogP) is 2.08. The van der Waals surface area contributed by atoms with Crippen molar-refractivity contribution in [1.29, 1.82) is 0 Å². The van der Waals surface area contributed by atoms with Crippen molar-refractivity contribution < 1.29 is 33.5 Å². The zero-order valence-electron chi connectivity index (χ0n) is 27.7. The van der Waals surface area contributed by atoms with E-state index in [1.54, 1.807) is 38.1 Å². The fraction of sp³-hybridized carbons (Fsp3) is 0.613. The summed E-state index contributed by atoms with van der Waals surface area (Å²) in [7, 11) is 2.96. The minimum absolute atomic E-state index is 0.0859. The fourth-order valence-electron chi connectivity index (χ4n) is 4.54. The number of hydrogen-bond acceptors (Lipinski definition) is 7. The summed E-state index contributed by atoms with van der Waals surface area (Å²) in [6.07, 6.45) is 0.265. The molecule has 0 saturated carbocycles. The SMILES string of the molecule is CNC(=O)[C@@H](NC(=O)[C@H](C(C)C)N(C)C(=O)OCc1ccc(NC(=O)[C@H](CCCNC(N)=O)NC(=O)CC(C)C)cc1)C(C)C. The van der Waals surface area contributed by atoms with Crippen molar-refractivity contribution in [2.24, 2.45) is 23.5 Å². The third-order valence-electron chi connectivity index (χ3n) is 6.90. The van der Waals surface area contributed by atoms with Gasteiger partial charge in [-0.05, 0) is 48.3 Å². The smallest absolute Gasteiger partial charge is 0.410 e. The summed E-state index contributed by atoms with van der Waals surface area (Å²) < 4.78 is 5.45. The lowest BCUT2D eigenvalue weighted by Crippen LogP contribution is -2.56. The minimum atomic E-state index is -0.874. The van der Waals surface area contributed by atoms with E-state index in [-0.39, 0.29) is 55.6 Å². The van der Waals surface area contributed by atoms with Gasteiger partial charge >= 0.3 is 12.1 Å². The third kappa shape index (κ3) is 13.9. The lowest BCUT2D eigenvalue weighted by Gasteiger charge is -2.31. The number of benzene rings is 1. The number of carbonyl (C=O) groups is 6.